The van der Waals surface area contributed by atoms with Crippen LogP contribution in [-0.4, -0.2) is 23.7 Å². The number of halogens is 1. The van der Waals surface area contributed by atoms with Crippen molar-refractivity contribution < 1.29 is 14.6 Å². The average molecular weight is 214 g/mol. The molecular weight excluding hydrogens is 206 g/mol. The topological polar surface area (TPSA) is 58.6 Å². The van der Waals surface area contributed by atoms with Gasteiger partial charge in [-0.2, -0.15) is 0 Å². The number of hydrogen-bond donors (Lipinski definition) is 2. The van der Waals surface area contributed by atoms with E-state index in [0.717, 1.165) is 5.69 Å². The van der Waals surface area contributed by atoms with Crippen LogP contribution in [0.5, 0.6) is 5.75 Å². The molecule has 0 amide bonds. The summed E-state index contributed by atoms with van der Waals surface area (Å²) in [6.07, 6.45) is -0.846. The lowest BCUT2D eigenvalue weighted by molar-refractivity contribution is -0.144. The van der Waals surface area contributed by atoms with Crippen LogP contribution < -0.4 is 10.1 Å². The van der Waals surface area contributed by atoms with Crippen LogP contribution in [0, 0.1) is 0 Å². The number of carboxylic acids is 1. The Kier molecular flexibility index (Phi) is 2.21. The Balaban J connectivity index is 2.29. The quantitative estimate of drug-likeness (QED) is 0.744. The Morgan fingerprint density at radius 3 is 3.14 bits per heavy atom. The lowest BCUT2D eigenvalue weighted by Gasteiger charge is -2.24. The number of anilines is 1. The first-order valence-corrected chi connectivity index (χ1v) is 4.47. The van der Waals surface area contributed by atoms with E-state index in [1.54, 1.807) is 18.2 Å². The van der Waals surface area contributed by atoms with Crippen molar-refractivity contribution in [2.24, 2.45) is 0 Å². The van der Waals surface area contributed by atoms with E-state index < -0.39 is 12.1 Å². The van der Waals surface area contributed by atoms with Crippen molar-refractivity contribution in [2.75, 3.05) is 11.9 Å². The van der Waals surface area contributed by atoms with E-state index in [0.29, 0.717) is 10.8 Å². The summed E-state index contributed by atoms with van der Waals surface area (Å²) in [5.74, 6) is -0.501. The fraction of sp³-hybridized carbons (Fsp3) is 0.222. The number of fused-ring (bicyclic) bond motifs is 1. The maximum Gasteiger partial charge on any atom is 0.346 e. The fourth-order valence-corrected chi connectivity index (χ4v) is 1.44. The van der Waals surface area contributed by atoms with Gasteiger partial charge in [0.15, 0.2) is 0 Å². The molecule has 0 saturated carbocycles. The van der Waals surface area contributed by atoms with Gasteiger partial charge in [-0.25, -0.2) is 4.79 Å². The second kappa shape index (κ2) is 3.38. The van der Waals surface area contributed by atoms with Gasteiger partial charge in [-0.3, -0.25) is 0 Å². The van der Waals surface area contributed by atoms with Crippen LogP contribution in [0.1, 0.15) is 0 Å². The number of carbonyl (C=O) groups is 1. The Hall–Kier alpha value is -1.42. The predicted octanol–water partition coefficient (Wildman–Crippen LogP) is 1.60. The first-order chi connectivity index (χ1) is 6.66. The zero-order chi connectivity index (χ0) is 10.1. The van der Waals surface area contributed by atoms with Crippen molar-refractivity contribution in [3.05, 3.63) is 23.2 Å². The van der Waals surface area contributed by atoms with Crippen LogP contribution in [0.2, 0.25) is 5.02 Å². The van der Waals surface area contributed by atoms with Crippen molar-refractivity contribution in [2.45, 2.75) is 6.10 Å². The van der Waals surface area contributed by atoms with Gasteiger partial charge >= 0.3 is 5.97 Å². The van der Waals surface area contributed by atoms with E-state index in [1.165, 1.54) is 0 Å². The molecule has 0 fully saturated rings. The highest BCUT2D eigenvalue weighted by molar-refractivity contribution is 6.30. The Morgan fingerprint density at radius 1 is 1.64 bits per heavy atom. The van der Waals surface area contributed by atoms with Gasteiger partial charge in [0.1, 0.15) is 5.75 Å². The molecule has 0 aromatic heterocycles. The van der Waals surface area contributed by atoms with Crippen LogP contribution in [0.4, 0.5) is 5.69 Å². The second-order valence-electron chi connectivity index (χ2n) is 2.97. The maximum absolute atomic E-state index is 10.7. The summed E-state index contributed by atoms with van der Waals surface area (Å²) >= 11 is 5.75. The third-order valence-corrected chi connectivity index (χ3v) is 2.20. The molecule has 0 bridgehead atoms. The van der Waals surface area contributed by atoms with Crippen LogP contribution >= 0.6 is 11.6 Å². The van der Waals surface area contributed by atoms with Gasteiger partial charge in [-0.1, -0.05) is 11.6 Å². The molecule has 1 aromatic rings. The Morgan fingerprint density at radius 2 is 2.43 bits per heavy atom. The SMILES string of the molecule is O=C(O)C1CNc2ccc(Cl)cc2O1. The van der Waals surface area contributed by atoms with Gasteiger partial charge in [0.25, 0.3) is 0 Å². The highest BCUT2D eigenvalue weighted by Crippen LogP contribution is 2.31. The van der Waals surface area contributed by atoms with E-state index in [1.807, 2.05) is 0 Å². The third-order valence-electron chi connectivity index (χ3n) is 1.97. The van der Waals surface area contributed by atoms with E-state index in [2.05, 4.69) is 5.32 Å². The molecule has 1 aromatic carbocycles. The first-order valence-electron chi connectivity index (χ1n) is 4.10. The monoisotopic (exact) mass is 213 g/mol. The van der Waals surface area contributed by atoms with Gasteiger partial charge in [0.05, 0.1) is 12.2 Å². The smallest absolute Gasteiger partial charge is 0.346 e. The van der Waals surface area contributed by atoms with E-state index in [9.17, 15) is 4.79 Å². The van der Waals surface area contributed by atoms with Crippen molar-refractivity contribution in [1.82, 2.24) is 0 Å². The number of hydrogen-bond acceptors (Lipinski definition) is 3. The highest BCUT2D eigenvalue weighted by Gasteiger charge is 2.25. The minimum absolute atomic E-state index is 0.268. The average Bonchev–Trinajstić information content (AvgIpc) is 2.16. The number of rotatable bonds is 1. The van der Waals surface area contributed by atoms with Crippen LogP contribution in [0.3, 0.4) is 0 Å². The van der Waals surface area contributed by atoms with Crippen molar-refractivity contribution in [3.63, 3.8) is 0 Å². The van der Waals surface area contributed by atoms with Crippen LogP contribution in [-0.2, 0) is 4.79 Å². The summed E-state index contributed by atoms with van der Waals surface area (Å²) in [4.78, 5) is 10.7. The zero-order valence-electron chi connectivity index (χ0n) is 7.16. The van der Waals surface area contributed by atoms with E-state index in [4.69, 9.17) is 21.4 Å². The molecule has 4 nitrogen and oxygen atoms in total. The summed E-state index contributed by atoms with van der Waals surface area (Å²) in [6.45, 7) is 0.268. The van der Waals surface area contributed by atoms with Crippen molar-refractivity contribution in [3.8, 4) is 5.75 Å². The largest absolute Gasteiger partial charge is 0.478 e. The molecule has 14 heavy (non-hydrogen) atoms. The number of ether oxygens (including phenoxy) is 1. The molecule has 0 spiro atoms. The molecular formula is C9H8ClNO3. The molecule has 0 radical (unpaired) electrons. The minimum atomic E-state index is -0.983. The highest BCUT2D eigenvalue weighted by atomic mass is 35.5. The third kappa shape index (κ3) is 1.61. The molecule has 1 atom stereocenters. The molecule has 0 saturated heterocycles. The van der Waals surface area contributed by atoms with Gasteiger partial charge in [0, 0.05) is 11.1 Å². The van der Waals surface area contributed by atoms with Crippen molar-refractivity contribution in [1.29, 1.82) is 0 Å². The second-order valence-corrected chi connectivity index (χ2v) is 3.40. The van der Waals surface area contributed by atoms with Gasteiger partial charge in [-0.05, 0) is 12.1 Å². The summed E-state index contributed by atoms with van der Waals surface area (Å²) in [7, 11) is 0. The number of nitrogens with one attached hydrogen (secondary N) is 1. The normalized spacial score (nSPS) is 19.1. The molecule has 2 N–H and O–H groups in total. The maximum atomic E-state index is 10.7. The van der Waals surface area contributed by atoms with Gasteiger partial charge in [-0.15, -0.1) is 0 Å². The summed E-state index contributed by atoms with van der Waals surface area (Å²) in [6, 6.07) is 5.08. The standard InChI is InChI=1S/C9H8ClNO3/c10-5-1-2-6-7(3-5)14-8(4-11-6)9(12)13/h1-3,8,11H,4H2,(H,12,13). The minimum Gasteiger partial charge on any atom is -0.478 e. The first kappa shape index (κ1) is 9.15. The summed E-state index contributed by atoms with van der Waals surface area (Å²) in [5, 5.41) is 12.2. The van der Waals surface area contributed by atoms with Gasteiger partial charge in [0.2, 0.25) is 6.10 Å². The molecule has 0 aliphatic carbocycles. The number of benzene rings is 1. The lowest BCUT2D eigenvalue weighted by atomic mass is 10.2. The zero-order valence-corrected chi connectivity index (χ0v) is 7.91. The summed E-state index contributed by atoms with van der Waals surface area (Å²) < 4.78 is 5.23. The molecule has 74 valence electrons. The fourth-order valence-electron chi connectivity index (χ4n) is 1.28. The molecule has 5 heteroatoms. The number of carboxylic acid groups (broad SMARTS) is 1. The van der Waals surface area contributed by atoms with Crippen molar-refractivity contribution >= 4 is 23.3 Å². The van der Waals surface area contributed by atoms with Crippen LogP contribution in [0.25, 0.3) is 0 Å². The molecule has 1 unspecified atom stereocenters. The van der Waals surface area contributed by atoms with Gasteiger partial charge < -0.3 is 15.2 Å². The summed E-state index contributed by atoms with van der Waals surface area (Å²) in [5.41, 5.74) is 0.770. The van der Waals surface area contributed by atoms with Crippen LogP contribution in [0.15, 0.2) is 18.2 Å². The molecule has 2 rings (SSSR count). The van der Waals surface area contributed by atoms with E-state index in [-0.39, 0.29) is 6.54 Å². The number of aliphatic carboxylic acids is 1. The molecule has 1 aliphatic heterocycles. The lowest BCUT2D eigenvalue weighted by Crippen LogP contribution is -2.37. The predicted molar refractivity (Wildman–Crippen MR) is 52.0 cm³/mol. The molecule has 1 aliphatic rings. The Bertz CT molecular complexity index is 380. The Labute approximate surface area is 85.4 Å². The van der Waals surface area contributed by atoms with E-state index >= 15 is 0 Å². The molecule has 1 heterocycles.